The van der Waals surface area contributed by atoms with Gasteiger partial charge in [0.15, 0.2) is 5.65 Å². The Morgan fingerprint density at radius 3 is 2.71 bits per heavy atom. The van der Waals surface area contributed by atoms with E-state index in [1.165, 1.54) is 5.56 Å². The highest BCUT2D eigenvalue weighted by Crippen LogP contribution is 2.27. The van der Waals surface area contributed by atoms with Gasteiger partial charge in [0, 0.05) is 47.6 Å². The minimum absolute atomic E-state index is 0.0128. The summed E-state index contributed by atoms with van der Waals surface area (Å²) in [6.45, 7) is 10.1. The summed E-state index contributed by atoms with van der Waals surface area (Å²) in [5.74, 6) is 6.22. The Labute approximate surface area is 182 Å². The number of benzene rings is 1. The number of aromatic amines is 1. The molecular weight excluding hydrogens is 388 g/mol. The zero-order valence-corrected chi connectivity index (χ0v) is 18.7. The van der Waals surface area contributed by atoms with Crippen molar-refractivity contribution in [2.24, 2.45) is 0 Å². The predicted molar refractivity (Wildman–Crippen MR) is 122 cm³/mol. The van der Waals surface area contributed by atoms with Crippen LogP contribution in [0.2, 0.25) is 0 Å². The van der Waals surface area contributed by atoms with E-state index in [0.29, 0.717) is 18.0 Å². The topological polar surface area (TPSA) is 73.6 Å². The summed E-state index contributed by atoms with van der Waals surface area (Å²) in [6.07, 6.45) is 1.74. The molecule has 2 aromatic heterocycles. The van der Waals surface area contributed by atoms with Gasteiger partial charge in [0.25, 0.3) is 5.56 Å². The molecule has 1 atom stereocenters. The van der Waals surface area contributed by atoms with Gasteiger partial charge in [-0.3, -0.25) is 14.8 Å². The van der Waals surface area contributed by atoms with E-state index in [2.05, 4.69) is 39.0 Å². The Bertz CT molecular complexity index is 1200. The molecule has 1 fully saturated rings. The normalized spacial score (nSPS) is 17.1. The van der Waals surface area contributed by atoms with Crippen LogP contribution in [0.1, 0.15) is 61.2 Å². The molecule has 0 radical (unpaired) electrons. The van der Waals surface area contributed by atoms with Crippen molar-refractivity contribution in [3.63, 3.8) is 0 Å². The maximum atomic E-state index is 12.7. The highest BCUT2D eigenvalue weighted by molar-refractivity contribution is 5.43. The summed E-state index contributed by atoms with van der Waals surface area (Å²) in [7, 11) is 0. The van der Waals surface area contributed by atoms with Crippen molar-refractivity contribution in [2.45, 2.75) is 58.6 Å². The van der Waals surface area contributed by atoms with Gasteiger partial charge in [-0.15, -0.1) is 0 Å². The average Bonchev–Trinajstić information content (AvgIpc) is 3.34. The van der Waals surface area contributed by atoms with Gasteiger partial charge in [-0.25, -0.2) is 9.50 Å². The first-order chi connectivity index (χ1) is 14.7. The van der Waals surface area contributed by atoms with E-state index < -0.39 is 5.60 Å². The summed E-state index contributed by atoms with van der Waals surface area (Å²) >= 11 is 0. The smallest absolute Gasteiger partial charge is 0.276 e. The number of likely N-dealkylation sites (tertiary alicyclic amines) is 1. The second kappa shape index (κ2) is 8.33. The number of aliphatic hydroxyl groups is 1. The first-order valence-electron chi connectivity index (χ1n) is 10.9. The van der Waals surface area contributed by atoms with Crippen LogP contribution in [0.15, 0.2) is 35.1 Å². The van der Waals surface area contributed by atoms with Gasteiger partial charge >= 0.3 is 0 Å². The highest BCUT2D eigenvalue weighted by atomic mass is 16.3. The molecule has 0 bridgehead atoms. The van der Waals surface area contributed by atoms with E-state index in [0.717, 1.165) is 48.6 Å². The summed E-state index contributed by atoms with van der Waals surface area (Å²) in [6, 6.07) is 10.2. The van der Waals surface area contributed by atoms with E-state index in [1.54, 1.807) is 18.4 Å². The van der Waals surface area contributed by atoms with Crippen molar-refractivity contribution in [1.29, 1.82) is 0 Å². The van der Waals surface area contributed by atoms with E-state index in [-0.39, 0.29) is 5.56 Å². The molecule has 1 saturated heterocycles. The lowest BCUT2D eigenvalue weighted by Crippen LogP contribution is -2.21. The molecule has 6 heteroatoms. The SMILES string of the molecule is CCc1c(C)nc2cc([C@@H]3CCN(Cc4ccc(C#CC(C)(C)O)cc4)C3)[nH]n2c1=O. The summed E-state index contributed by atoms with van der Waals surface area (Å²) in [4.78, 5) is 19.8. The molecule has 1 aliphatic rings. The van der Waals surface area contributed by atoms with Crippen molar-refractivity contribution >= 4 is 5.65 Å². The lowest BCUT2D eigenvalue weighted by atomic mass is 10.1. The molecule has 3 heterocycles. The fourth-order valence-electron chi connectivity index (χ4n) is 4.21. The minimum Gasteiger partial charge on any atom is -0.378 e. The molecule has 0 amide bonds. The molecule has 3 aromatic rings. The summed E-state index contributed by atoms with van der Waals surface area (Å²) in [5.41, 5.74) is 4.56. The van der Waals surface area contributed by atoms with Crippen LogP contribution in [0.5, 0.6) is 0 Å². The molecule has 6 nitrogen and oxygen atoms in total. The van der Waals surface area contributed by atoms with Crippen molar-refractivity contribution < 1.29 is 5.11 Å². The minimum atomic E-state index is -0.983. The van der Waals surface area contributed by atoms with Crippen LogP contribution in [0.25, 0.3) is 5.65 Å². The van der Waals surface area contributed by atoms with Crippen LogP contribution in [0, 0.1) is 18.8 Å². The molecule has 4 rings (SSSR count). The first-order valence-corrected chi connectivity index (χ1v) is 10.9. The molecule has 0 aliphatic carbocycles. The number of aromatic nitrogens is 3. The Morgan fingerprint density at radius 2 is 2.03 bits per heavy atom. The Balaban J connectivity index is 1.44. The molecule has 0 unspecified atom stereocenters. The number of fused-ring (bicyclic) bond motifs is 1. The standard InChI is InChI=1S/C25H30N4O2/c1-5-21-17(2)26-23-14-22(27-29(23)24(21)30)20-11-13-28(16-20)15-19-8-6-18(7-9-19)10-12-25(3,4)31/h6-9,14,20,27,31H,5,11,13,15-16H2,1-4H3/t20-/m1/s1. The number of H-pyrrole nitrogens is 1. The Kier molecular flexibility index (Phi) is 5.74. The second-order valence-electron chi connectivity index (χ2n) is 8.97. The zero-order chi connectivity index (χ0) is 22.2. The van der Waals surface area contributed by atoms with Crippen molar-refractivity contribution in [2.75, 3.05) is 13.1 Å². The first kappa shape index (κ1) is 21.4. The quantitative estimate of drug-likeness (QED) is 0.639. The number of hydrogen-bond acceptors (Lipinski definition) is 4. The molecular formula is C25H30N4O2. The molecule has 162 valence electrons. The van der Waals surface area contributed by atoms with Crippen molar-refractivity contribution in [1.82, 2.24) is 19.5 Å². The van der Waals surface area contributed by atoms with Crippen molar-refractivity contribution in [3.8, 4) is 11.8 Å². The fourth-order valence-corrected chi connectivity index (χ4v) is 4.21. The van der Waals surface area contributed by atoms with Crippen LogP contribution in [0.3, 0.4) is 0 Å². The van der Waals surface area contributed by atoms with Gasteiger partial charge in [0.05, 0.1) is 0 Å². The van der Waals surface area contributed by atoms with Crippen LogP contribution < -0.4 is 5.56 Å². The molecule has 31 heavy (non-hydrogen) atoms. The third kappa shape index (κ3) is 4.73. The van der Waals surface area contributed by atoms with E-state index in [9.17, 15) is 9.90 Å². The molecule has 0 spiro atoms. The number of nitrogens with zero attached hydrogens (tertiary/aromatic N) is 3. The molecule has 0 saturated carbocycles. The lowest BCUT2D eigenvalue weighted by Gasteiger charge is -2.15. The van der Waals surface area contributed by atoms with Crippen LogP contribution in [-0.4, -0.2) is 43.3 Å². The summed E-state index contributed by atoms with van der Waals surface area (Å²) in [5, 5.41) is 13.0. The number of nitrogens with one attached hydrogen (secondary N) is 1. The highest BCUT2D eigenvalue weighted by Gasteiger charge is 2.26. The van der Waals surface area contributed by atoms with Crippen molar-refractivity contribution in [3.05, 3.63) is 68.8 Å². The van der Waals surface area contributed by atoms with Gasteiger partial charge in [0.1, 0.15) is 5.60 Å². The largest absolute Gasteiger partial charge is 0.378 e. The van der Waals surface area contributed by atoms with Crippen LogP contribution in [0.4, 0.5) is 0 Å². The zero-order valence-electron chi connectivity index (χ0n) is 18.7. The molecule has 2 N–H and O–H groups in total. The summed E-state index contributed by atoms with van der Waals surface area (Å²) < 4.78 is 1.59. The average molecular weight is 419 g/mol. The van der Waals surface area contributed by atoms with Gasteiger partial charge in [0.2, 0.25) is 0 Å². The van der Waals surface area contributed by atoms with E-state index >= 15 is 0 Å². The number of hydrogen-bond donors (Lipinski definition) is 2. The van der Waals surface area contributed by atoms with E-state index in [1.807, 2.05) is 32.0 Å². The van der Waals surface area contributed by atoms with Crippen LogP contribution >= 0.6 is 0 Å². The monoisotopic (exact) mass is 418 g/mol. The molecule has 1 aliphatic heterocycles. The molecule has 1 aromatic carbocycles. The van der Waals surface area contributed by atoms with Gasteiger partial charge in [-0.2, -0.15) is 0 Å². The Morgan fingerprint density at radius 1 is 1.29 bits per heavy atom. The van der Waals surface area contributed by atoms with E-state index in [4.69, 9.17) is 0 Å². The predicted octanol–water partition coefficient (Wildman–Crippen LogP) is 3.01. The maximum absolute atomic E-state index is 12.7. The second-order valence-corrected chi connectivity index (χ2v) is 8.97. The van der Waals surface area contributed by atoms with Gasteiger partial charge in [-0.05, 0) is 57.9 Å². The van der Waals surface area contributed by atoms with Gasteiger partial charge < -0.3 is 5.11 Å². The fraction of sp³-hybridized carbons (Fsp3) is 0.440. The maximum Gasteiger partial charge on any atom is 0.276 e. The third-order valence-corrected chi connectivity index (χ3v) is 5.87. The lowest BCUT2D eigenvalue weighted by molar-refractivity contribution is 0.143. The van der Waals surface area contributed by atoms with Crippen LogP contribution in [-0.2, 0) is 13.0 Å². The number of rotatable bonds is 4. The Hall–Kier alpha value is -2.88. The number of aryl methyl sites for hydroxylation is 1. The third-order valence-electron chi connectivity index (χ3n) is 5.87. The van der Waals surface area contributed by atoms with Gasteiger partial charge in [-0.1, -0.05) is 30.9 Å².